The van der Waals surface area contributed by atoms with Crippen molar-refractivity contribution in [2.75, 3.05) is 30.4 Å². The summed E-state index contributed by atoms with van der Waals surface area (Å²) in [5.41, 5.74) is 8.78. The number of benzene rings is 3. The standard InChI is InChI=1S/C34H40N4O5.C2HF3O2/c35-19-5-3-1-2-4-6-20-42-29-16-12-27(13-17-29)36-33(40)25-9-7-24(8-10-25)22-38(28-14-15-28)34(41)26-11-18-30-31(21-26)43-23-32(39)37-30;3-2(4,5)1(6)7/h7-13,16-18,21,28H,1-6,14-15,19-20,22-23,35H2,(H,36,40)(H,37,39);(H,6,7). The van der Waals surface area contributed by atoms with Gasteiger partial charge in [-0.15, -0.1) is 0 Å². The number of aliphatic carboxylic acids is 1. The van der Waals surface area contributed by atoms with Gasteiger partial charge in [0.15, 0.2) is 6.61 Å². The van der Waals surface area contributed by atoms with Gasteiger partial charge in [-0.2, -0.15) is 13.2 Å². The van der Waals surface area contributed by atoms with Gasteiger partial charge in [0, 0.05) is 29.4 Å². The average molecular weight is 699 g/mol. The Kier molecular flexibility index (Phi) is 13.6. The van der Waals surface area contributed by atoms with Crippen LogP contribution in [0.5, 0.6) is 11.5 Å². The minimum absolute atomic E-state index is 0.0621. The normalized spacial score (nSPS) is 13.5. The quantitative estimate of drug-likeness (QED) is 0.133. The van der Waals surface area contributed by atoms with E-state index in [1.165, 1.54) is 19.3 Å². The average Bonchev–Trinajstić information content (AvgIpc) is 3.94. The molecule has 1 fully saturated rings. The zero-order chi connectivity index (χ0) is 36.1. The van der Waals surface area contributed by atoms with E-state index in [4.69, 9.17) is 25.1 Å². The fourth-order valence-electron chi connectivity index (χ4n) is 5.07. The highest BCUT2D eigenvalue weighted by Gasteiger charge is 2.38. The number of ether oxygens (including phenoxy) is 2. The van der Waals surface area contributed by atoms with Crippen molar-refractivity contribution in [3.63, 3.8) is 0 Å². The Hall–Kier alpha value is -5.11. The van der Waals surface area contributed by atoms with Gasteiger partial charge in [-0.3, -0.25) is 14.4 Å². The maximum absolute atomic E-state index is 13.4. The Bertz CT molecular complexity index is 1610. The summed E-state index contributed by atoms with van der Waals surface area (Å²) < 4.78 is 43.1. The number of hydrogen-bond donors (Lipinski definition) is 4. The van der Waals surface area contributed by atoms with Gasteiger partial charge < -0.3 is 35.8 Å². The summed E-state index contributed by atoms with van der Waals surface area (Å²) in [4.78, 5) is 48.6. The number of unbranched alkanes of at least 4 members (excludes halogenated alkanes) is 5. The minimum atomic E-state index is -5.08. The molecule has 3 aromatic carbocycles. The summed E-state index contributed by atoms with van der Waals surface area (Å²) in [6, 6.07) is 20.0. The number of fused-ring (bicyclic) bond motifs is 1. The van der Waals surface area contributed by atoms with Crippen LogP contribution in [0.25, 0.3) is 0 Å². The fourth-order valence-corrected chi connectivity index (χ4v) is 5.07. The summed E-state index contributed by atoms with van der Waals surface area (Å²) in [7, 11) is 0. The smallest absolute Gasteiger partial charge is 0.490 e. The van der Waals surface area contributed by atoms with E-state index in [0.717, 1.165) is 50.0 Å². The number of anilines is 2. The predicted octanol–water partition coefficient (Wildman–Crippen LogP) is 6.39. The molecule has 1 aliphatic carbocycles. The van der Waals surface area contributed by atoms with Crippen molar-refractivity contribution in [3.8, 4) is 11.5 Å². The molecule has 1 aliphatic heterocycles. The van der Waals surface area contributed by atoms with Crippen molar-refractivity contribution < 1.29 is 46.9 Å². The molecule has 0 spiro atoms. The third-order valence-electron chi connectivity index (χ3n) is 7.90. The highest BCUT2D eigenvalue weighted by atomic mass is 19.4. The first-order chi connectivity index (χ1) is 23.9. The van der Waals surface area contributed by atoms with Gasteiger partial charge in [-0.1, -0.05) is 37.8 Å². The summed E-state index contributed by atoms with van der Waals surface area (Å²) >= 11 is 0. The van der Waals surface area contributed by atoms with Crippen LogP contribution in [0.3, 0.4) is 0 Å². The van der Waals surface area contributed by atoms with E-state index < -0.39 is 12.1 Å². The van der Waals surface area contributed by atoms with E-state index >= 15 is 0 Å². The highest BCUT2D eigenvalue weighted by molar-refractivity contribution is 6.04. The molecule has 2 aliphatic rings. The second kappa shape index (κ2) is 18.0. The maximum atomic E-state index is 13.4. The van der Waals surface area contributed by atoms with Crippen LogP contribution in [0.4, 0.5) is 24.5 Å². The van der Waals surface area contributed by atoms with E-state index in [9.17, 15) is 27.6 Å². The van der Waals surface area contributed by atoms with Crippen LogP contribution in [-0.2, 0) is 16.1 Å². The molecule has 5 N–H and O–H groups in total. The number of halogens is 3. The molecule has 0 atom stereocenters. The largest absolute Gasteiger partial charge is 0.494 e. The van der Waals surface area contributed by atoms with E-state index in [1.807, 2.05) is 41.3 Å². The Labute approximate surface area is 287 Å². The van der Waals surface area contributed by atoms with Gasteiger partial charge in [-0.25, -0.2) is 4.79 Å². The molecule has 0 saturated heterocycles. The topological polar surface area (TPSA) is 160 Å². The molecule has 0 aromatic heterocycles. The van der Waals surface area contributed by atoms with Crippen molar-refractivity contribution >= 4 is 35.1 Å². The Morgan fingerprint density at radius 2 is 1.54 bits per heavy atom. The summed E-state index contributed by atoms with van der Waals surface area (Å²) in [6.07, 6.45) is 3.75. The number of rotatable bonds is 15. The third-order valence-corrected chi connectivity index (χ3v) is 7.90. The molecule has 3 aromatic rings. The summed E-state index contributed by atoms with van der Waals surface area (Å²) in [5, 5.41) is 12.8. The molecule has 11 nitrogen and oxygen atoms in total. The number of alkyl halides is 3. The second-order valence-electron chi connectivity index (χ2n) is 11.9. The van der Waals surface area contributed by atoms with Gasteiger partial charge in [0.25, 0.3) is 17.7 Å². The summed E-state index contributed by atoms with van der Waals surface area (Å²) in [5.74, 6) is -1.97. The summed E-state index contributed by atoms with van der Waals surface area (Å²) in [6.45, 7) is 1.83. The molecule has 3 amide bonds. The molecule has 0 unspecified atom stereocenters. The first-order valence-corrected chi connectivity index (χ1v) is 16.5. The van der Waals surface area contributed by atoms with Crippen LogP contribution in [0.2, 0.25) is 0 Å². The maximum Gasteiger partial charge on any atom is 0.490 e. The number of hydrogen-bond acceptors (Lipinski definition) is 7. The van der Waals surface area contributed by atoms with Gasteiger partial charge in [0.2, 0.25) is 0 Å². The monoisotopic (exact) mass is 698 g/mol. The molecule has 14 heteroatoms. The molecule has 268 valence electrons. The van der Waals surface area contributed by atoms with E-state index in [0.29, 0.717) is 41.4 Å². The number of carboxylic acid groups (broad SMARTS) is 1. The van der Waals surface area contributed by atoms with Crippen LogP contribution >= 0.6 is 0 Å². The zero-order valence-corrected chi connectivity index (χ0v) is 27.5. The van der Waals surface area contributed by atoms with Crippen LogP contribution in [-0.4, -0.2) is 65.7 Å². The first kappa shape index (κ1) is 37.7. The van der Waals surface area contributed by atoms with Crippen LogP contribution in [0.1, 0.15) is 77.6 Å². The second-order valence-corrected chi connectivity index (χ2v) is 11.9. The lowest BCUT2D eigenvalue weighted by Gasteiger charge is -2.24. The zero-order valence-electron chi connectivity index (χ0n) is 27.5. The first-order valence-electron chi connectivity index (χ1n) is 16.5. The van der Waals surface area contributed by atoms with Crippen molar-refractivity contribution in [3.05, 3.63) is 83.4 Å². The van der Waals surface area contributed by atoms with Crippen molar-refractivity contribution in [1.82, 2.24) is 4.90 Å². The Morgan fingerprint density at radius 1 is 0.920 bits per heavy atom. The number of nitrogens with one attached hydrogen (secondary N) is 2. The van der Waals surface area contributed by atoms with Crippen molar-refractivity contribution in [1.29, 1.82) is 0 Å². The molecule has 0 bridgehead atoms. The Morgan fingerprint density at radius 3 is 2.16 bits per heavy atom. The number of amides is 3. The Balaban J connectivity index is 0.000000727. The van der Waals surface area contributed by atoms with Crippen LogP contribution in [0.15, 0.2) is 66.7 Å². The van der Waals surface area contributed by atoms with Gasteiger partial charge in [0.1, 0.15) is 11.5 Å². The number of nitrogens with two attached hydrogens (primary N) is 1. The number of carbonyl (C=O) groups excluding carboxylic acids is 3. The number of carboxylic acids is 1. The predicted molar refractivity (Wildman–Crippen MR) is 180 cm³/mol. The molecule has 5 rings (SSSR count). The molecule has 50 heavy (non-hydrogen) atoms. The van der Waals surface area contributed by atoms with E-state index in [1.54, 1.807) is 30.3 Å². The fraction of sp³-hybridized carbons (Fsp3) is 0.389. The number of carbonyl (C=O) groups is 4. The molecule has 1 heterocycles. The lowest BCUT2D eigenvalue weighted by atomic mass is 10.1. The van der Waals surface area contributed by atoms with Crippen molar-refractivity contribution in [2.24, 2.45) is 5.73 Å². The van der Waals surface area contributed by atoms with Crippen molar-refractivity contribution in [2.45, 2.75) is 70.1 Å². The lowest BCUT2D eigenvalue weighted by Crippen LogP contribution is -2.33. The van der Waals surface area contributed by atoms with Crippen LogP contribution < -0.4 is 25.8 Å². The van der Waals surface area contributed by atoms with Crippen LogP contribution in [0, 0.1) is 0 Å². The van der Waals surface area contributed by atoms with E-state index in [2.05, 4.69) is 10.6 Å². The number of nitrogens with zero attached hydrogens (tertiary/aromatic N) is 1. The van der Waals surface area contributed by atoms with E-state index in [-0.39, 0.29) is 30.4 Å². The lowest BCUT2D eigenvalue weighted by molar-refractivity contribution is -0.192. The molecule has 1 saturated carbocycles. The molecular weight excluding hydrogens is 657 g/mol. The molecule has 0 radical (unpaired) electrons. The minimum Gasteiger partial charge on any atom is -0.494 e. The SMILES string of the molecule is NCCCCCCCCOc1ccc(NC(=O)c2ccc(CN(C(=O)c3ccc4c(c3)OCC(=O)N4)C3CC3)cc2)cc1.O=C(O)C(F)(F)F. The highest BCUT2D eigenvalue weighted by Crippen LogP contribution is 2.33. The third kappa shape index (κ3) is 11.8. The molecular formula is C36H41F3N4O7. The van der Waals surface area contributed by atoms with Gasteiger partial charge in [-0.05, 0) is 92.4 Å². The van der Waals surface area contributed by atoms with Gasteiger partial charge >= 0.3 is 12.1 Å². The van der Waals surface area contributed by atoms with Gasteiger partial charge in [0.05, 0.1) is 12.3 Å².